The largest absolute Gasteiger partial charge is 0.494 e. The number of rotatable bonds is 4. The quantitative estimate of drug-likeness (QED) is 0.865. The Morgan fingerprint density at radius 3 is 2.86 bits per heavy atom. The number of pyridine rings is 1. The monoisotopic (exact) mass is 301 g/mol. The van der Waals surface area contributed by atoms with Crippen LogP contribution >= 0.6 is 0 Å². The second-order valence-electron chi connectivity index (χ2n) is 6.10. The first-order valence-electron chi connectivity index (χ1n) is 7.68. The number of aromatic nitrogens is 1. The van der Waals surface area contributed by atoms with Crippen LogP contribution in [0.5, 0.6) is 5.88 Å². The van der Waals surface area contributed by atoms with Gasteiger partial charge < -0.3 is 5.11 Å². The van der Waals surface area contributed by atoms with Crippen molar-refractivity contribution in [1.82, 2.24) is 9.47 Å². The topological polar surface area (TPSA) is 69.3 Å². The Morgan fingerprint density at radius 1 is 1.55 bits per heavy atom. The normalized spacial score (nSPS) is 18.9. The van der Waals surface area contributed by atoms with Crippen molar-refractivity contribution >= 4 is 0 Å². The number of likely N-dealkylation sites (tertiary alicyclic amines) is 1. The molecule has 1 fully saturated rings. The molecule has 2 rings (SSSR count). The Kier molecular flexibility index (Phi) is 5.04. The zero-order valence-electron chi connectivity index (χ0n) is 13.3. The van der Waals surface area contributed by atoms with E-state index in [1.807, 2.05) is 6.07 Å². The highest BCUT2D eigenvalue weighted by Gasteiger charge is 2.22. The molecule has 1 atom stereocenters. The first-order chi connectivity index (χ1) is 10.5. The highest BCUT2D eigenvalue weighted by Crippen LogP contribution is 2.25. The van der Waals surface area contributed by atoms with Crippen LogP contribution in [0.3, 0.4) is 0 Å². The van der Waals surface area contributed by atoms with Crippen LogP contribution in [0.25, 0.3) is 0 Å². The van der Waals surface area contributed by atoms with Gasteiger partial charge in [-0.2, -0.15) is 5.26 Å². The van der Waals surface area contributed by atoms with E-state index >= 15 is 0 Å². The van der Waals surface area contributed by atoms with Gasteiger partial charge in [0, 0.05) is 25.2 Å². The molecule has 0 aliphatic carbocycles. The van der Waals surface area contributed by atoms with Gasteiger partial charge in [0.1, 0.15) is 11.6 Å². The minimum Gasteiger partial charge on any atom is -0.494 e. The molecule has 1 aromatic rings. The summed E-state index contributed by atoms with van der Waals surface area (Å²) in [5.41, 5.74) is 0.920. The van der Waals surface area contributed by atoms with Gasteiger partial charge >= 0.3 is 0 Å². The van der Waals surface area contributed by atoms with E-state index < -0.39 is 5.56 Å². The van der Waals surface area contributed by atoms with Crippen molar-refractivity contribution in [2.75, 3.05) is 13.1 Å². The predicted molar refractivity (Wildman–Crippen MR) is 85.7 cm³/mol. The van der Waals surface area contributed by atoms with Gasteiger partial charge in [-0.05, 0) is 37.8 Å². The van der Waals surface area contributed by atoms with Gasteiger partial charge in [0.15, 0.2) is 5.88 Å². The summed E-state index contributed by atoms with van der Waals surface area (Å²) in [6.07, 6.45) is 3.91. The third-order valence-corrected chi connectivity index (χ3v) is 4.36. The lowest BCUT2D eigenvalue weighted by molar-refractivity contribution is 0.174. The lowest BCUT2D eigenvalue weighted by atomic mass is 9.98. The molecule has 0 unspecified atom stereocenters. The van der Waals surface area contributed by atoms with Gasteiger partial charge in [-0.3, -0.25) is 14.3 Å². The first-order valence-corrected chi connectivity index (χ1v) is 7.68. The maximum absolute atomic E-state index is 12.2. The summed E-state index contributed by atoms with van der Waals surface area (Å²) in [6.45, 7) is 10.3. The third-order valence-electron chi connectivity index (χ3n) is 4.36. The fraction of sp³-hybridized carbons (Fsp3) is 0.529. The summed E-state index contributed by atoms with van der Waals surface area (Å²) in [6, 6.07) is 1.98. The second-order valence-corrected chi connectivity index (χ2v) is 6.10. The molecular weight excluding hydrogens is 278 g/mol. The molecule has 0 saturated carbocycles. The summed E-state index contributed by atoms with van der Waals surface area (Å²) in [4.78, 5) is 14.5. The Balaban J connectivity index is 2.46. The smallest absolute Gasteiger partial charge is 0.271 e. The van der Waals surface area contributed by atoms with E-state index in [2.05, 4.69) is 18.4 Å². The molecule has 1 aliphatic heterocycles. The number of hydrogen-bond donors (Lipinski definition) is 1. The molecular formula is C17H23N3O2. The lowest BCUT2D eigenvalue weighted by Gasteiger charge is -2.31. The number of piperidine rings is 1. The molecule has 0 aromatic carbocycles. The van der Waals surface area contributed by atoms with E-state index in [-0.39, 0.29) is 18.0 Å². The standard InChI is InChI=1S/C17H23N3O2/c1-4-7-20-16(21)14(9-18)13(3)15(17(20)22)11-19-8-5-6-12(2)10-19/h4,12,22H,1,5-8,10-11H2,2-3H3/t12-/m0/s1. The molecule has 22 heavy (non-hydrogen) atoms. The Morgan fingerprint density at radius 2 is 2.27 bits per heavy atom. The van der Waals surface area contributed by atoms with Crippen molar-refractivity contribution in [3.8, 4) is 11.9 Å². The van der Waals surface area contributed by atoms with Gasteiger partial charge in [-0.15, -0.1) is 6.58 Å². The second kappa shape index (κ2) is 6.80. The van der Waals surface area contributed by atoms with Crippen LogP contribution in [0.2, 0.25) is 0 Å². The van der Waals surface area contributed by atoms with Crippen LogP contribution < -0.4 is 5.56 Å². The fourth-order valence-electron chi connectivity index (χ4n) is 3.15. The average Bonchev–Trinajstić information content (AvgIpc) is 2.49. The summed E-state index contributed by atoms with van der Waals surface area (Å²) in [7, 11) is 0. The van der Waals surface area contributed by atoms with Crippen LogP contribution in [-0.2, 0) is 13.1 Å². The zero-order valence-corrected chi connectivity index (χ0v) is 13.3. The lowest BCUT2D eigenvalue weighted by Crippen LogP contribution is -2.35. The Hall–Kier alpha value is -2.06. The predicted octanol–water partition coefficient (Wildman–Crippen LogP) is 2.15. The van der Waals surface area contributed by atoms with Crippen molar-refractivity contribution in [3.63, 3.8) is 0 Å². The van der Waals surface area contributed by atoms with Crippen LogP contribution in [0, 0.1) is 24.2 Å². The minimum atomic E-state index is -0.451. The number of hydrogen-bond acceptors (Lipinski definition) is 4. The van der Waals surface area contributed by atoms with Gasteiger partial charge in [-0.1, -0.05) is 13.0 Å². The molecule has 2 heterocycles. The number of allylic oxidation sites excluding steroid dienone is 1. The highest BCUT2D eigenvalue weighted by molar-refractivity contribution is 5.45. The van der Waals surface area contributed by atoms with Crippen molar-refractivity contribution in [2.45, 2.75) is 39.8 Å². The maximum Gasteiger partial charge on any atom is 0.271 e. The average molecular weight is 301 g/mol. The highest BCUT2D eigenvalue weighted by atomic mass is 16.3. The summed E-state index contributed by atoms with van der Waals surface area (Å²) in [5.74, 6) is 0.588. The molecule has 1 aliphatic rings. The van der Waals surface area contributed by atoms with Crippen LogP contribution in [0.4, 0.5) is 0 Å². The maximum atomic E-state index is 12.2. The van der Waals surface area contributed by atoms with E-state index in [9.17, 15) is 15.2 Å². The Labute approximate surface area is 131 Å². The van der Waals surface area contributed by atoms with Crippen LogP contribution in [0.1, 0.15) is 36.5 Å². The molecule has 1 saturated heterocycles. The van der Waals surface area contributed by atoms with E-state index in [1.54, 1.807) is 13.0 Å². The van der Waals surface area contributed by atoms with Crippen molar-refractivity contribution in [3.05, 3.63) is 39.7 Å². The summed E-state index contributed by atoms with van der Waals surface area (Å²) < 4.78 is 1.22. The Bertz CT molecular complexity index is 670. The molecule has 5 heteroatoms. The van der Waals surface area contributed by atoms with Crippen molar-refractivity contribution < 1.29 is 5.11 Å². The molecule has 0 amide bonds. The number of nitrogens with zero attached hydrogens (tertiary/aromatic N) is 3. The van der Waals surface area contributed by atoms with E-state index in [0.29, 0.717) is 23.6 Å². The molecule has 0 spiro atoms. The molecule has 1 N–H and O–H groups in total. The van der Waals surface area contributed by atoms with Crippen molar-refractivity contribution in [2.24, 2.45) is 5.92 Å². The number of nitriles is 1. The van der Waals surface area contributed by atoms with Crippen molar-refractivity contribution in [1.29, 1.82) is 5.26 Å². The first kappa shape index (κ1) is 16.3. The van der Waals surface area contributed by atoms with Gasteiger partial charge in [0.25, 0.3) is 5.56 Å². The molecule has 0 radical (unpaired) electrons. The molecule has 5 nitrogen and oxygen atoms in total. The molecule has 0 bridgehead atoms. The minimum absolute atomic E-state index is 0.0420. The van der Waals surface area contributed by atoms with Gasteiger partial charge in [-0.25, -0.2) is 0 Å². The van der Waals surface area contributed by atoms with E-state index in [1.165, 1.54) is 11.0 Å². The molecule has 118 valence electrons. The van der Waals surface area contributed by atoms with Crippen LogP contribution in [-0.4, -0.2) is 27.7 Å². The SMILES string of the molecule is C=CCn1c(O)c(CN2CCC[C@H](C)C2)c(C)c(C#N)c1=O. The van der Waals surface area contributed by atoms with E-state index in [0.717, 1.165) is 19.5 Å². The molecule has 1 aromatic heterocycles. The van der Waals surface area contributed by atoms with Gasteiger partial charge in [0.2, 0.25) is 0 Å². The third kappa shape index (κ3) is 3.07. The van der Waals surface area contributed by atoms with Crippen LogP contribution in [0.15, 0.2) is 17.4 Å². The number of aromatic hydroxyl groups is 1. The summed E-state index contributed by atoms with van der Waals surface area (Å²) in [5, 5.41) is 19.7. The van der Waals surface area contributed by atoms with Gasteiger partial charge in [0.05, 0.1) is 0 Å². The summed E-state index contributed by atoms with van der Waals surface area (Å²) >= 11 is 0. The zero-order chi connectivity index (χ0) is 16.3. The fourth-order valence-corrected chi connectivity index (χ4v) is 3.15. The van der Waals surface area contributed by atoms with E-state index in [4.69, 9.17) is 0 Å².